The fourth-order valence-electron chi connectivity index (χ4n) is 2.15. The molecule has 2 rings (SSSR count). The Labute approximate surface area is 108 Å². The Balaban J connectivity index is 2.21. The summed E-state index contributed by atoms with van der Waals surface area (Å²) in [6, 6.07) is 2.14. The summed E-state index contributed by atoms with van der Waals surface area (Å²) in [5, 5.41) is 3.54. The van der Waals surface area contributed by atoms with E-state index in [9.17, 15) is 0 Å². The molecule has 4 nitrogen and oxygen atoms in total. The summed E-state index contributed by atoms with van der Waals surface area (Å²) in [7, 11) is 0. The van der Waals surface area contributed by atoms with Crippen molar-refractivity contribution in [2.75, 3.05) is 13.2 Å². The largest absolute Gasteiger partial charge is 0.501 e. The molecule has 1 aromatic rings. The highest BCUT2D eigenvalue weighted by molar-refractivity contribution is 5.21. The fourth-order valence-corrected chi connectivity index (χ4v) is 2.15. The maximum absolute atomic E-state index is 5.45. The highest BCUT2D eigenvalue weighted by Crippen LogP contribution is 2.26. The molecular weight excluding hydrogens is 226 g/mol. The molecule has 4 heteroatoms. The van der Waals surface area contributed by atoms with Crippen LogP contribution in [0.2, 0.25) is 0 Å². The van der Waals surface area contributed by atoms with Crippen LogP contribution >= 0.6 is 0 Å². The Kier molecular flexibility index (Phi) is 4.70. The van der Waals surface area contributed by atoms with Gasteiger partial charge >= 0.3 is 0 Å². The summed E-state index contributed by atoms with van der Waals surface area (Å²) in [6.45, 7) is 5.89. The first kappa shape index (κ1) is 13.0. The Hall–Kier alpha value is -1.42. The molecule has 0 aromatic carbocycles. The van der Waals surface area contributed by atoms with E-state index in [2.05, 4.69) is 22.2 Å². The average molecular weight is 247 g/mol. The van der Waals surface area contributed by atoms with Gasteiger partial charge in [-0.15, -0.1) is 0 Å². The highest BCUT2D eigenvalue weighted by atomic mass is 16.5. The molecule has 0 amide bonds. The third-order valence-corrected chi connectivity index (χ3v) is 3.02. The fraction of sp³-hybridized carbons (Fsp3) is 0.571. The molecule has 0 saturated heterocycles. The van der Waals surface area contributed by atoms with Crippen LogP contribution in [0.25, 0.3) is 0 Å². The van der Waals surface area contributed by atoms with Crippen LogP contribution in [0.3, 0.4) is 0 Å². The zero-order chi connectivity index (χ0) is 12.8. The molecule has 0 radical (unpaired) electrons. The van der Waals surface area contributed by atoms with Crippen molar-refractivity contribution in [3.63, 3.8) is 0 Å². The van der Waals surface area contributed by atoms with Gasteiger partial charge in [-0.05, 0) is 44.4 Å². The molecular formula is C14H21N3O. The van der Waals surface area contributed by atoms with E-state index in [0.717, 1.165) is 43.9 Å². The third kappa shape index (κ3) is 3.29. The molecule has 2 heterocycles. The molecule has 1 aromatic heterocycles. The van der Waals surface area contributed by atoms with Crippen LogP contribution in [-0.4, -0.2) is 23.1 Å². The molecule has 98 valence electrons. The minimum Gasteiger partial charge on any atom is -0.501 e. The van der Waals surface area contributed by atoms with Crippen LogP contribution in [0.4, 0.5) is 0 Å². The van der Waals surface area contributed by atoms with Crippen molar-refractivity contribution in [3.05, 3.63) is 35.6 Å². The number of hydrogen-bond acceptors (Lipinski definition) is 4. The average Bonchev–Trinajstić information content (AvgIpc) is 2.40. The maximum atomic E-state index is 5.45. The number of ether oxygens (including phenoxy) is 1. The lowest BCUT2D eigenvalue weighted by molar-refractivity contribution is 0.219. The van der Waals surface area contributed by atoms with Crippen LogP contribution < -0.4 is 5.32 Å². The molecule has 0 spiro atoms. The van der Waals surface area contributed by atoms with Crippen molar-refractivity contribution in [2.45, 2.75) is 39.2 Å². The second-order valence-corrected chi connectivity index (χ2v) is 4.58. The van der Waals surface area contributed by atoms with Gasteiger partial charge in [0, 0.05) is 6.20 Å². The van der Waals surface area contributed by atoms with Crippen molar-refractivity contribution in [2.24, 2.45) is 0 Å². The third-order valence-electron chi connectivity index (χ3n) is 3.02. The van der Waals surface area contributed by atoms with Gasteiger partial charge in [0.05, 0.1) is 24.6 Å². The Morgan fingerprint density at radius 3 is 3.06 bits per heavy atom. The SMILES string of the molecule is CCCNC(C1=COCCC1)c1ccnc(C)n1. The van der Waals surface area contributed by atoms with E-state index in [4.69, 9.17) is 4.74 Å². The summed E-state index contributed by atoms with van der Waals surface area (Å²) in [4.78, 5) is 8.69. The molecule has 1 aliphatic heterocycles. The summed E-state index contributed by atoms with van der Waals surface area (Å²) < 4.78 is 5.45. The topological polar surface area (TPSA) is 47.0 Å². The number of hydrogen-bond donors (Lipinski definition) is 1. The molecule has 0 fully saturated rings. The lowest BCUT2D eigenvalue weighted by atomic mass is 9.99. The summed E-state index contributed by atoms with van der Waals surface area (Å²) in [5.41, 5.74) is 2.32. The lowest BCUT2D eigenvalue weighted by Crippen LogP contribution is -2.26. The van der Waals surface area contributed by atoms with Gasteiger partial charge in [0.15, 0.2) is 0 Å². The second-order valence-electron chi connectivity index (χ2n) is 4.58. The minimum absolute atomic E-state index is 0.159. The first-order valence-corrected chi connectivity index (χ1v) is 6.64. The zero-order valence-electron chi connectivity index (χ0n) is 11.1. The van der Waals surface area contributed by atoms with E-state index in [1.54, 1.807) is 0 Å². The maximum Gasteiger partial charge on any atom is 0.125 e. The Morgan fingerprint density at radius 2 is 2.39 bits per heavy atom. The van der Waals surface area contributed by atoms with Crippen LogP contribution in [0, 0.1) is 6.92 Å². The zero-order valence-corrected chi connectivity index (χ0v) is 11.1. The van der Waals surface area contributed by atoms with Gasteiger partial charge in [-0.25, -0.2) is 9.97 Å². The van der Waals surface area contributed by atoms with Gasteiger partial charge in [-0.1, -0.05) is 6.92 Å². The molecule has 0 saturated carbocycles. The first-order chi connectivity index (χ1) is 8.81. The summed E-state index contributed by atoms with van der Waals surface area (Å²) in [5.74, 6) is 0.813. The first-order valence-electron chi connectivity index (χ1n) is 6.64. The normalized spacial score (nSPS) is 16.9. The van der Waals surface area contributed by atoms with Crippen molar-refractivity contribution in [1.82, 2.24) is 15.3 Å². The predicted octanol–water partition coefficient (Wildman–Crippen LogP) is 2.52. The molecule has 1 atom stereocenters. The second kappa shape index (κ2) is 6.50. The standard InChI is InChI=1S/C14H21N3O/c1-3-7-16-14(12-5-4-9-18-10-12)13-6-8-15-11(2)17-13/h6,8,10,14,16H,3-5,7,9H2,1-2H3. The molecule has 1 aliphatic rings. The van der Waals surface area contributed by atoms with Gasteiger partial charge in [0.2, 0.25) is 0 Å². The lowest BCUT2D eigenvalue weighted by Gasteiger charge is -2.24. The van der Waals surface area contributed by atoms with E-state index in [0.29, 0.717) is 0 Å². The van der Waals surface area contributed by atoms with Crippen molar-refractivity contribution in [1.29, 1.82) is 0 Å². The molecule has 1 N–H and O–H groups in total. The van der Waals surface area contributed by atoms with Gasteiger partial charge in [-0.2, -0.15) is 0 Å². The van der Waals surface area contributed by atoms with Gasteiger partial charge in [-0.3, -0.25) is 0 Å². The summed E-state index contributed by atoms with van der Waals surface area (Å²) >= 11 is 0. The molecule has 0 aliphatic carbocycles. The van der Waals surface area contributed by atoms with Crippen LogP contribution in [0.15, 0.2) is 24.1 Å². The quantitative estimate of drug-likeness (QED) is 0.868. The van der Waals surface area contributed by atoms with Crippen LogP contribution in [0.1, 0.15) is 43.7 Å². The molecule has 1 unspecified atom stereocenters. The number of nitrogens with one attached hydrogen (secondary N) is 1. The van der Waals surface area contributed by atoms with Gasteiger partial charge in [0.25, 0.3) is 0 Å². The summed E-state index contributed by atoms with van der Waals surface area (Å²) in [6.07, 6.45) is 6.98. The molecule has 0 bridgehead atoms. The molecule has 18 heavy (non-hydrogen) atoms. The number of nitrogens with zero attached hydrogens (tertiary/aromatic N) is 2. The Morgan fingerprint density at radius 1 is 1.50 bits per heavy atom. The van der Waals surface area contributed by atoms with Crippen LogP contribution in [0.5, 0.6) is 0 Å². The van der Waals surface area contributed by atoms with E-state index in [1.165, 1.54) is 5.57 Å². The van der Waals surface area contributed by atoms with E-state index in [-0.39, 0.29) is 6.04 Å². The van der Waals surface area contributed by atoms with E-state index >= 15 is 0 Å². The van der Waals surface area contributed by atoms with E-state index in [1.807, 2.05) is 25.4 Å². The van der Waals surface area contributed by atoms with E-state index < -0.39 is 0 Å². The predicted molar refractivity (Wildman–Crippen MR) is 71.1 cm³/mol. The Bertz CT molecular complexity index is 417. The smallest absolute Gasteiger partial charge is 0.125 e. The van der Waals surface area contributed by atoms with Crippen molar-refractivity contribution >= 4 is 0 Å². The van der Waals surface area contributed by atoms with Crippen molar-refractivity contribution < 1.29 is 4.74 Å². The minimum atomic E-state index is 0.159. The monoisotopic (exact) mass is 247 g/mol. The number of rotatable bonds is 5. The number of aryl methyl sites for hydroxylation is 1. The van der Waals surface area contributed by atoms with Gasteiger partial charge in [0.1, 0.15) is 5.82 Å². The highest BCUT2D eigenvalue weighted by Gasteiger charge is 2.19. The van der Waals surface area contributed by atoms with Crippen LogP contribution in [-0.2, 0) is 4.74 Å². The van der Waals surface area contributed by atoms with Gasteiger partial charge < -0.3 is 10.1 Å². The van der Waals surface area contributed by atoms with Crippen molar-refractivity contribution in [3.8, 4) is 0 Å². The number of aromatic nitrogens is 2.